The second-order valence-electron chi connectivity index (χ2n) is 5.25. The maximum atomic E-state index is 6.29. The molecule has 0 atom stereocenters. The van der Waals surface area contributed by atoms with Crippen molar-refractivity contribution in [3.63, 3.8) is 0 Å². The summed E-state index contributed by atoms with van der Waals surface area (Å²) in [5, 5.41) is 0. The van der Waals surface area contributed by atoms with Crippen LogP contribution in [0.25, 0.3) is 5.65 Å². The monoisotopic (exact) mass is 307 g/mol. The molecule has 0 unspecified atom stereocenters. The number of aromatic nitrogens is 2. The molecule has 1 saturated carbocycles. The van der Waals surface area contributed by atoms with E-state index in [1.165, 1.54) is 32.1 Å². The predicted octanol–water partition coefficient (Wildman–Crippen LogP) is 4.04. The van der Waals surface area contributed by atoms with Crippen molar-refractivity contribution in [3.8, 4) is 0 Å². The van der Waals surface area contributed by atoms with E-state index in [1.54, 1.807) is 0 Å². The van der Waals surface area contributed by atoms with Crippen LogP contribution in [0, 0.1) is 6.92 Å². The van der Waals surface area contributed by atoms with Gasteiger partial charge in [-0.3, -0.25) is 4.40 Å². The summed E-state index contributed by atoms with van der Waals surface area (Å²) in [4.78, 5) is 4.79. The first-order valence-corrected chi connectivity index (χ1v) is 7.39. The summed E-state index contributed by atoms with van der Waals surface area (Å²) in [5.74, 6) is 1.37. The summed E-state index contributed by atoms with van der Waals surface area (Å²) < 4.78 is 3.07. The van der Waals surface area contributed by atoms with Crippen LogP contribution in [-0.4, -0.2) is 9.38 Å². The quantitative estimate of drug-likeness (QED) is 0.864. The molecular weight excluding hydrogens is 290 g/mol. The third-order valence-corrected chi connectivity index (χ3v) is 4.36. The molecule has 0 aliphatic heterocycles. The highest BCUT2D eigenvalue weighted by Crippen LogP contribution is 2.36. The Morgan fingerprint density at radius 3 is 2.78 bits per heavy atom. The highest BCUT2D eigenvalue weighted by Gasteiger charge is 2.22. The van der Waals surface area contributed by atoms with Crippen LogP contribution in [0.3, 0.4) is 0 Å². The number of anilines is 1. The molecule has 0 saturated heterocycles. The lowest BCUT2D eigenvalue weighted by molar-refractivity contribution is 0.439. The van der Waals surface area contributed by atoms with Crippen molar-refractivity contribution in [1.82, 2.24) is 9.38 Å². The average Bonchev–Trinajstić information content (AvgIpc) is 2.69. The SMILES string of the molecule is Cc1cc(Br)cn2c(N)c(C3CCCCC3)nc12. The Kier molecular flexibility index (Phi) is 3.06. The molecule has 3 nitrogen and oxygen atoms in total. The number of nitrogen functional groups attached to an aromatic ring is 1. The van der Waals surface area contributed by atoms with Crippen LogP contribution < -0.4 is 5.73 Å². The Morgan fingerprint density at radius 1 is 1.33 bits per heavy atom. The minimum absolute atomic E-state index is 0.553. The lowest BCUT2D eigenvalue weighted by Gasteiger charge is -2.20. The molecule has 1 aliphatic rings. The van der Waals surface area contributed by atoms with Crippen LogP contribution in [0.5, 0.6) is 0 Å². The van der Waals surface area contributed by atoms with Gasteiger partial charge in [-0.25, -0.2) is 4.98 Å². The fraction of sp³-hybridized carbons (Fsp3) is 0.500. The van der Waals surface area contributed by atoms with E-state index in [2.05, 4.69) is 28.9 Å². The van der Waals surface area contributed by atoms with E-state index in [9.17, 15) is 0 Å². The number of rotatable bonds is 1. The number of hydrogen-bond donors (Lipinski definition) is 1. The Hall–Kier alpha value is -1.03. The summed E-state index contributed by atoms with van der Waals surface area (Å²) in [7, 11) is 0. The van der Waals surface area contributed by atoms with Gasteiger partial charge in [-0.15, -0.1) is 0 Å². The molecule has 1 fully saturated rings. The summed E-state index contributed by atoms with van der Waals surface area (Å²) in [5.41, 5.74) is 9.56. The highest BCUT2D eigenvalue weighted by molar-refractivity contribution is 9.10. The largest absolute Gasteiger partial charge is 0.383 e. The third-order valence-electron chi connectivity index (χ3n) is 3.93. The second kappa shape index (κ2) is 4.57. The number of aryl methyl sites for hydroxylation is 1. The fourth-order valence-corrected chi connectivity index (χ4v) is 3.53. The van der Waals surface area contributed by atoms with Gasteiger partial charge in [-0.1, -0.05) is 19.3 Å². The number of nitrogens with zero attached hydrogens (tertiary/aromatic N) is 2. The van der Waals surface area contributed by atoms with Gasteiger partial charge in [0.2, 0.25) is 0 Å². The first kappa shape index (κ1) is 12.0. The van der Waals surface area contributed by atoms with Gasteiger partial charge in [0, 0.05) is 16.6 Å². The molecule has 2 heterocycles. The Labute approximate surface area is 116 Å². The first-order valence-electron chi connectivity index (χ1n) is 6.60. The Morgan fingerprint density at radius 2 is 2.06 bits per heavy atom. The van der Waals surface area contributed by atoms with Crippen LogP contribution in [0.15, 0.2) is 16.7 Å². The van der Waals surface area contributed by atoms with Gasteiger partial charge in [-0.05, 0) is 47.3 Å². The molecule has 0 radical (unpaired) electrons. The molecule has 0 amide bonds. The summed E-state index contributed by atoms with van der Waals surface area (Å²) in [6, 6.07) is 2.09. The van der Waals surface area contributed by atoms with Crippen LogP contribution in [-0.2, 0) is 0 Å². The maximum absolute atomic E-state index is 6.29. The second-order valence-corrected chi connectivity index (χ2v) is 6.17. The van der Waals surface area contributed by atoms with Gasteiger partial charge < -0.3 is 5.73 Å². The van der Waals surface area contributed by atoms with E-state index in [1.807, 2.05) is 10.6 Å². The van der Waals surface area contributed by atoms with Gasteiger partial charge in [0.05, 0.1) is 5.69 Å². The summed E-state index contributed by atoms with van der Waals surface area (Å²) in [6.07, 6.45) is 8.44. The minimum atomic E-state index is 0.553. The van der Waals surface area contributed by atoms with E-state index in [4.69, 9.17) is 10.7 Å². The van der Waals surface area contributed by atoms with Gasteiger partial charge >= 0.3 is 0 Å². The number of hydrogen-bond acceptors (Lipinski definition) is 2. The van der Waals surface area contributed by atoms with E-state index >= 15 is 0 Å². The van der Waals surface area contributed by atoms with Crippen molar-refractivity contribution >= 4 is 27.4 Å². The molecule has 2 aromatic rings. The zero-order valence-electron chi connectivity index (χ0n) is 10.6. The zero-order valence-corrected chi connectivity index (χ0v) is 12.2. The molecule has 2 aromatic heterocycles. The van der Waals surface area contributed by atoms with Crippen LogP contribution in [0.4, 0.5) is 5.82 Å². The predicted molar refractivity (Wildman–Crippen MR) is 77.9 cm³/mol. The standard InChI is InChI=1S/C14H18BrN3/c1-9-7-11(15)8-18-13(16)12(17-14(9)18)10-5-3-2-4-6-10/h7-8,10H,2-6,16H2,1H3. The van der Waals surface area contributed by atoms with E-state index in [0.717, 1.165) is 27.2 Å². The van der Waals surface area contributed by atoms with Crippen molar-refractivity contribution in [2.45, 2.75) is 44.9 Å². The highest BCUT2D eigenvalue weighted by atomic mass is 79.9. The molecule has 2 N–H and O–H groups in total. The molecular formula is C14H18BrN3. The maximum Gasteiger partial charge on any atom is 0.141 e. The van der Waals surface area contributed by atoms with Crippen molar-refractivity contribution in [3.05, 3.63) is 28.0 Å². The number of pyridine rings is 1. The summed E-state index contributed by atoms with van der Waals surface area (Å²) >= 11 is 3.52. The van der Waals surface area contributed by atoms with Crippen molar-refractivity contribution in [2.75, 3.05) is 5.73 Å². The van der Waals surface area contributed by atoms with E-state index < -0.39 is 0 Å². The number of fused-ring (bicyclic) bond motifs is 1. The molecule has 4 heteroatoms. The Balaban J connectivity index is 2.13. The lowest BCUT2D eigenvalue weighted by atomic mass is 9.87. The van der Waals surface area contributed by atoms with Crippen LogP contribution >= 0.6 is 15.9 Å². The van der Waals surface area contributed by atoms with Gasteiger partial charge in [0.15, 0.2) is 0 Å². The molecule has 0 spiro atoms. The smallest absolute Gasteiger partial charge is 0.141 e. The zero-order chi connectivity index (χ0) is 12.7. The van der Waals surface area contributed by atoms with Crippen LogP contribution in [0.1, 0.15) is 49.3 Å². The lowest BCUT2D eigenvalue weighted by Crippen LogP contribution is -2.07. The molecule has 0 aromatic carbocycles. The van der Waals surface area contributed by atoms with E-state index in [0.29, 0.717) is 5.92 Å². The third kappa shape index (κ3) is 1.92. The molecule has 96 valence electrons. The van der Waals surface area contributed by atoms with Crippen molar-refractivity contribution in [2.24, 2.45) is 0 Å². The van der Waals surface area contributed by atoms with Crippen LogP contribution in [0.2, 0.25) is 0 Å². The Bertz CT molecular complexity index is 582. The number of halogens is 1. The minimum Gasteiger partial charge on any atom is -0.383 e. The molecule has 0 bridgehead atoms. The van der Waals surface area contributed by atoms with Crippen molar-refractivity contribution < 1.29 is 0 Å². The number of imidazole rings is 1. The molecule has 3 rings (SSSR count). The van der Waals surface area contributed by atoms with Gasteiger partial charge in [0.25, 0.3) is 0 Å². The molecule has 1 aliphatic carbocycles. The topological polar surface area (TPSA) is 43.3 Å². The normalized spacial score (nSPS) is 17.4. The fourth-order valence-electron chi connectivity index (χ4n) is 2.98. The molecule has 18 heavy (non-hydrogen) atoms. The van der Waals surface area contributed by atoms with Gasteiger partial charge in [-0.2, -0.15) is 0 Å². The first-order chi connectivity index (χ1) is 8.66. The van der Waals surface area contributed by atoms with Crippen molar-refractivity contribution in [1.29, 1.82) is 0 Å². The average molecular weight is 308 g/mol. The van der Waals surface area contributed by atoms with Gasteiger partial charge in [0.1, 0.15) is 11.5 Å². The summed E-state index contributed by atoms with van der Waals surface area (Å²) in [6.45, 7) is 2.08. The van der Waals surface area contributed by atoms with E-state index in [-0.39, 0.29) is 0 Å². The number of nitrogens with two attached hydrogens (primary N) is 1.